The van der Waals surface area contributed by atoms with Crippen LogP contribution < -0.4 is 16.8 Å². The predicted molar refractivity (Wildman–Crippen MR) is 90.7 cm³/mol. The Kier molecular flexibility index (Phi) is 5.21. The minimum absolute atomic E-state index is 0.133. The lowest BCUT2D eigenvalue weighted by Crippen LogP contribution is -2.14. The van der Waals surface area contributed by atoms with Gasteiger partial charge in [0.25, 0.3) is 0 Å². The monoisotopic (exact) mass is 317 g/mol. The van der Waals surface area contributed by atoms with Crippen LogP contribution in [0.3, 0.4) is 0 Å². The summed E-state index contributed by atoms with van der Waals surface area (Å²) in [6.45, 7) is 4.25. The molecule has 1 aromatic heterocycles. The summed E-state index contributed by atoms with van der Waals surface area (Å²) >= 11 is 1.19. The Morgan fingerprint density at radius 2 is 1.77 bits per heavy atom. The molecule has 1 amide bonds. The molecule has 5 N–H and O–H groups in total. The summed E-state index contributed by atoms with van der Waals surface area (Å²) in [5.41, 5.74) is 13.2. The number of nitrogens with zero attached hydrogens (tertiary/aromatic N) is 2. The van der Waals surface area contributed by atoms with Gasteiger partial charge in [0.2, 0.25) is 5.91 Å². The Balaban J connectivity index is 1.90. The molecule has 0 aliphatic carbocycles. The zero-order chi connectivity index (χ0) is 16.1. The molecule has 0 bridgehead atoms. The van der Waals surface area contributed by atoms with Crippen molar-refractivity contribution in [3.63, 3.8) is 0 Å². The Morgan fingerprint density at radius 3 is 2.32 bits per heavy atom. The lowest BCUT2D eigenvalue weighted by atomic mass is 10.0. The number of aromatic nitrogens is 2. The Labute approximate surface area is 133 Å². The van der Waals surface area contributed by atoms with Gasteiger partial charge in [0, 0.05) is 11.8 Å². The van der Waals surface area contributed by atoms with Crippen molar-refractivity contribution in [3.05, 3.63) is 35.9 Å². The van der Waals surface area contributed by atoms with E-state index in [1.165, 1.54) is 23.4 Å². The van der Waals surface area contributed by atoms with Crippen molar-refractivity contribution in [2.24, 2.45) is 0 Å². The number of nitrogen functional groups attached to an aromatic ring is 2. The fraction of sp³-hybridized carbons (Fsp3) is 0.267. The first-order valence-electron chi connectivity index (χ1n) is 6.86. The second-order valence-corrected chi connectivity index (χ2v) is 6.06. The lowest BCUT2D eigenvalue weighted by Gasteiger charge is -2.08. The number of carbonyl (C=O) groups excluding carboxylic acids is 1. The van der Waals surface area contributed by atoms with Crippen LogP contribution in [0.25, 0.3) is 0 Å². The number of thioether (sulfide) groups is 1. The number of hydrogen-bond acceptors (Lipinski definition) is 6. The minimum atomic E-state index is -0.133. The molecule has 0 aliphatic heterocycles. The molecule has 1 aromatic carbocycles. The van der Waals surface area contributed by atoms with Crippen LogP contribution in [0, 0.1) is 0 Å². The second kappa shape index (κ2) is 7.13. The molecule has 2 aromatic rings. The molecule has 0 radical (unpaired) electrons. The summed E-state index contributed by atoms with van der Waals surface area (Å²) in [4.78, 5) is 20.0. The van der Waals surface area contributed by atoms with Crippen LogP contribution in [-0.4, -0.2) is 21.6 Å². The van der Waals surface area contributed by atoms with Gasteiger partial charge in [-0.25, -0.2) is 9.97 Å². The van der Waals surface area contributed by atoms with Crippen LogP contribution in [0.1, 0.15) is 25.3 Å². The van der Waals surface area contributed by atoms with Crippen molar-refractivity contribution in [2.75, 3.05) is 22.5 Å². The van der Waals surface area contributed by atoms with Gasteiger partial charge in [-0.15, -0.1) is 0 Å². The summed E-state index contributed by atoms with van der Waals surface area (Å²) in [6.07, 6.45) is 0. The van der Waals surface area contributed by atoms with Gasteiger partial charge in [-0.1, -0.05) is 37.7 Å². The van der Waals surface area contributed by atoms with Crippen LogP contribution in [0.15, 0.2) is 35.5 Å². The van der Waals surface area contributed by atoms with Gasteiger partial charge in [-0.05, 0) is 23.6 Å². The first-order chi connectivity index (χ1) is 10.4. The summed E-state index contributed by atoms with van der Waals surface area (Å²) in [5.74, 6) is 1.10. The maximum absolute atomic E-state index is 11.9. The molecule has 0 aliphatic rings. The van der Waals surface area contributed by atoms with Crippen molar-refractivity contribution in [3.8, 4) is 0 Å². The van der Waals surface area contributed by atoms with Crippen molar-refractivity contribution >= 4 is 35.0 Å². The third kappa shape index (κ3) is 4.63. The smallest absolute Gasteiger partial charge is 0.234 e. The van der Waals surface area contributed by atoms with Gasteiger partial charge >= 0.3 is 0 Å². The molecule has 0 saturated heterocycles. The molecular formula is C15H19N5OS. The van der Waals surface area contributed by atoms with Gasteiger partial charge in [0.1, 0.15) is 11.6 Å². The number of hydrogen-bond donors (Lipinski definition) is 3. The Morgan fingerprint density at radius 1 is 1.18 bits per heavy atom. The molecule has 0 saturated carbocycles. The number of rotatable bonds is 5. The van der Waals surface area contributed by atoms with E-state index in [0.29, 0.717) is 22.7 Å². The zero-order valence-corrected chi connectivity index (χ0v) is 13.4. The van der Waals surface area contributed by atoms with Gasteiger partial charge in [-0.2, -0.15) is 0 Å². The highest BCUT2D eigenvalue weighted by Gasteiger charge is 2.07. The highest BCUT2D eigenvalue weighted by Crippen LogP contribution is 2.19. The van der Waals surface area contributed by atoms with Crippen molar-refractivity contribution in [1.82, 2.24) is 9.97 Å². The summed E-state index contributed by atoms with van der Waals surface area (Å²) in [5, 5.41) is 3.22. The molecule has 0 fully saturated rings. The highest BCUT2D eigenvalue weighted by atomic mass is 32.2. The number of nitrogens with one attached hydrogen (secondary N) is 1. The number of amides is 1. The van der Waals surface area contributed by atoms with Crippen molar-refractivity contribution < 1.29 is 4.79 Å². The molecule has 22 heavy (non-hydrogen) atoms. The first kappa shape index (κ1) is 16.1. The number of benzene rings is 1. The quantitative estimate of drug-likeness (QED) is 0.578. The fourth-order valence-electron chi connectivity index (χ4n) is 1.81. The summed E-state index contributed by atoms with van der Waals surface area (Å²) in [7, 11) is 0. The topological polar surface area (TPSA) is 107 Å². The summed E-state index contributed by atoms with van der Waals surface area (Å²) < 4.78 is 0. The standard InChI is InChI=1S/C15H19N5OS/c1-9(2)10-3-5-11(6-4-10)18-14(21)8-22-15-19-12(16)7-13(17)20-15/h3-7,9H,8H2,1-2H3,(H,18,21)(H4,16,17,19,20). The molecule has 116 valence electrons. The van der Waals surface area contributed by atoms with Crippen LogP contribution in [-0.2, 0) is 4.79 Å². The molecule has 7 heteroatoms. The normalized spacial score (nSPS) is 10.7. The highest BCUT2D eigenvalue weighted by molar-refractivity contribution is 7.99. The van der Waals surface area contributed by atoms with Gasteiger partial charge < -0.3 is 16.8 Å². The van der Waals surface area contributed by atoms with E-state index in [1.807, 2.05) is 24.3 Å². The average Bonchev–Trinajstić information content (AvgIpc) is 2.45. The van der Waals surface area contributed by atoms with E-state index in [1.54, 1.807) is 0 Å². The van der Waals surface area contributed by atoms with Crippen LogP contribution in [0.5, 0.6) is 0 Å². The third-order valence-electron chi connectivity index (χ3n) is 2.94. The lowest BCUT2D eigenvalue weighted by molar-refractivity contribution is -0.113. The van der Waals surface area contributed by atoms with Crippen LogP contribution >= 0.6 is 11.8 Å². The number of anilines is 3. The van der Waals surface area contributed by atoms with Crippen molar-refractivity contribution in [2.45, 2.75) is 24.9 Å². The maximum Gasteiger partial charge on any atom is 0.234 e. The largest absolute Gasteiger partial charge is 0.383 e. The SMILES string of the molecule is CC(C)c1ccc(NC(=O)CSc2nc(N)cc(N)n2)cc1. The molecule has 1 heterocycles. The fourth-order valence-corrected chi connectivity index (χ4v) is 2.48. The molecule has 6 nitrogen and oxygen atoms in total. The minimum Gasteiger partial charge on any atom is -0.383 e. The third-order valence-corrected chi connectivity index (χ3v) is 3.79. The first-order valence-corrected chi connectivity index (χ1v) is 7.85. The van der Waals surface area contributed by atoms with Gasteiger partial charge in [0.15, 0.2) is 5.16 Å². The van der Waals surface area contributed by atoms with E-state index in [2.05, 4.69) is 29.1 Å². The molecular weight excluding hydrogens is 298 g/mol. The van der Waals surface area contributed by atoms with E-state index in [-0.39, 0.29) is 11.7 Å². The van der Waals surface area contributed by atoms with Crippen LogP contribution in [0.2, 0.25) is 0 Å². The van der Waals surface area contributed by atoms with Crippen molar-refractivity contribution in [1.29, 1.82) is 0 Å². The zero-order valence-electron chi connectivity index (χ0n) is 12.5. The van der Waals surface area contributed by atoms with E-state index in [9.17, 15) is 4.79 Å². The molecule has 0 atom stereocenters. The average molecular weight is 317 g/mol. The van der Waals surface area contributed by atoms with Gasteiger partial charge in [0.05, 0.1) is 5.75 Å². The van der Waals surface area contributed by atoms with Crippen LogP contribution in [0.4, 0.5) is 17.3 Å². The predicted octanol–water partition coefficient (Wildman–Crippen LogP) is 2.50. The van der Waals surface area contributed by atoms with Gasteiger partial charge in [-0.3, -0.25) is 4.79 Å². The number of carbonyl (C=O) groups is 1. The van der Waals surface area contributed by atoms with E-state index < -0.39 is 0 Å². The molecule has 0 unspecified atom stereocenters. The second-order valence-electron chi connectivity index (χ2n) is 5.11. The Hall–Kier alpha value is -2.28. The van der Waals surface area contributed by atoms with E-state index in [0.717, 1.165) is 5.69 Å². The molecule has 2 rings (SSSR count). The maximum atomic E-state index is 11.9. The number of nitrogens with two attached hydrogens (primary N) is 2. The molecule has 0 spiro atoms. The van der Waals surface area contributed by atoms with E-state index in [4.69, 9.17) is 11.5 Å². The summed E-state index contributed by atoms with van der Waals surface area (Å²) in [6, 6.07) is 9.28. The van der Waals surface area contributed by atoms with E-state index >= 15 is 0 Å². The Bertz CT molecular complexity index is 637.